The molecule has 1 aliphatic carbocycles. The Labute approximate surface area is 142 Å². The largest absolute Gasteiger partial charge is 0.353 e. The number of hydrogen-bond acceptors (Lipinski definition) is 5. The molecule has 0 bridgehead atoms. The van der Waals surface area contributed by atoms with Crippen molar-refractivity contribution in [2.24, 2.45) is 5.92 Å². The highest BCUT2D eigenvalue weighted by Crippen LogP contribution is 2.28. The minimum Gasteiger partial charge on any atom is -0.353 e. The number of carbonyl (C=O) groups is 3. The number of nitrogens with zero attached hydrogens (tertiary/aromatic N) is 3. The molecule has 24 heavy (non-hydrogen) atoms. The van der Waals surface area contributed by atoms with Crippen LogP contribution in [0.5, 0.6) is 0 Å². The normalized spacial score (nSPS) is 30.6. The van der Waals surface area contributed by atoms with Gasteiger partial charge in [-0.3, -0.25) is 19.8 Å². The summed E-state index contributed by atoms with van der Waals surface area (Å²) in [5, 5.41) is 6.16. The molecule has 3 atom stereocenters. The van der Waals surface area contributed by atoms with E-state index in [4.69, 9.17) is 0 Å². The molecule has 0 aromatic rings. The smallest absolute Gasteiger partial charge is 0.327 e. The average molecular weight is 337 g/mol. The van der Waals surface area contributed by atoms with E-state index in [2.05, 4.69) is 22.6 Å². The maximum absolute atomic E-state index is 12.4. The van der Waals surface area contributed by atoms with Crippen LogP contribution < -0.4 is 10.6 Å². The summed E-state index contributed by atoms with van der Waals surface area (Å²) in [5.41, 5.74) is 0. The summed E-state index contributed by atoms with van der Waals surface area (Å²) >= 11 is 0. The fourth-order valence-corrected chi connectivity index (χ4v) is 3.63. The van der Waals surface area contributed by atoms with E-state index >= 15 is 0 Å². The zero-order chi connectivity index (χ0) is 17.4. The zero-order valence-electron chi connectivity index (χ0n) is 14.6. The zero-order valence-corrected chi connectivity index (χ0v) is 14.6. The van der Waals surface area contributed by atoms with Gasteiger partial charge in [0.1, 0.15) is 0 Å². The molecular weight excluding hydrogens is 310 g/mol. The molecule has 0 aromatic carbocycles. The van der Waals surface area contributed by atoms with E-state index < -0.39 is 6.17 Å². The quantitative estimate of drug-likeness (QED) is 0.701. The van der Waals surface area contributed by atoms with Gasteiger partial charge in [-0.05, 0) is 32.7 Å². The Hall–Kier alpha value is -1.67. The van der Waals surface area contributed by atoms with E-state index in [1.165, 1.54) is 24.8 Å². The highest BCUT2D eigenvalue weighted by atomic mass is 16.2. The number of piperidine rings is 1. The number of fused-ring (bicyclic) bond motifs is 1. The fraction of sp³-hybridized carbons (Fsp3) is 0.812. The van der Waals surface area contributed by atoms with Crippen molar-refractivity contribution >= 4 is 17.8 Å². The van der Waals surface area contributed by atoms with Gasteiger partial charge in [-0.25, -0.2) is 4.79 Å². The second-order valence-electron chi connectivity index (χ2n) is 7.14. The third-order valence-corrected chi connectivity index (χ3v) is 5.42. The Bertz CT molecular complexity index is 536. The highest BCUT2D eigenvalue weighted by molar-refractivity contribution is 5.98. The second-order valence-corrected chi connectivity index (χ2v) is 7.14. The lowest BCUT2D eigenvalue weighted by atomic mass is 9.88. The summed E-state index contributed by atoms with van der Waals surface area (Å²) in [5.74, 6) is -0.492. The third kappa shape index (κ3) is 3.25. The van der Waals surface area contributed by atoms with Crippen LogP contribution in [-0.2, 0) is 9.59 Å². The van der Waals surface area contributed by atoms with Gasteiger partial charge in [-0.2, -0.15) is 0 Å². The molecule has 8 nitrogen and oxygen atoms in total. The van der Waals surface area contributed by atoms with Crippen molar-refractivity contribution in [2.45, 2.75) is 43.9 Å². The molecule has 0 aromatic heterocycles. The molecule has 134 valence electrons. The Kier molecular flexibility index (Phi) is 4.78. The summed E-state index contributed by atoms with van der Waals surface area (Å²) in [6.07, 6.45) is 3.31. The van der Waals surface area contributed by atoms with Crippen LogP contribution in [0.3, 0.4) is 0 Å². The predicted molar refractivity (Wildman–Crippen MR) is 88.0 cm³/mol. The molecule has 2 N–H and O–H groups in total. The number of carbonyl (C=O) groups excluding carboxylic acids is 3. The van der Waals surface area contributed by atoms with Gasteiger partial charge < -0.3 is 15.1 Å². The summed E-state index contributed by atoms with van der Waals surface area (Å²) in [7, 11) is 5.26. The first-order valence-electron chi connectivity index (χ1n) is 8.68. The van der Waals surface area contributed by atoms with Crippen LogP contribution in [0.25, 0.3) is 0 Å². The first-order valence-corrected chi connectivity index (χ1v) is 8.68. The molecule has 3 aliphatic rings. The Morgan fingerprint density at radius 3 is 2.62 bits per heavy atom. The van der Waals surface area contributed by atoms with Crippen LogP contribution in [0.4, 0.5) is 4.79 Å². The molecule has 3 fully saturated rings. The lowest BCUT2D eigenvalue weighted by Crippen LogP contribution is -2.68. The first-order chi connectivity index (χ1) is 11.4. The lowest BCUT2D eigenvalue weighted by Gasteiger charge is -2.46. The summed E-state index contributed by atoms with van der Waals surface area (Å²) < 4.78 is 0. The van der Waals surface area contributed by atoms with Crippen LogP contribution in [0.15, 0.2) is 0 Å². The number of rotatable bonds is 5. The summed E-state index contributed by atoms with van der Waals surface area (Å²) in [4.78, 5) is 41.6. The van der Waals surface area contributed by atoms with Gasteiger partial charge in [0.2, 0.25) is 11.8 Å². The van der Waals surface area contributed by atoms with E-state index in [0.29, 0.717) is 25.4 Å². The number of amides is 4. The van der Waals surface area contributed by atoms with Crippen molar-refractivity contribution in [2.75, 3.05) is 34.2 Å². The van der Waals surface area contributed by atoms with Gasteiger partial charge in [-0.1, -0.05) is 0 Å². The van der Waals surface area contributed by atoms with Crippen molar-refractivity contribution in [1.29, 1.82) is 0 Å². The summed E-state index contributed by atoms with van der Waals surface area (Å²) in [6.45, 7) is 1.46. The van der Waals surface area contributed by atoms with Gasteiger partial charge in [0.15, 0.2) is 0 Å². The van der Waals surface area contributed by atoms with E-state index in [1.54, 1.807) is 7.05 Å². The molecule has 0 radical (unpaired) electrons. The number of likely N-dealkylation sites (N-methyl/N-ethyl adjacent to an activating group) is 1. The summed E-state index contributed by atoms with van der Waals surface area (Å²) in [6, 6.07) is -0.00910. The Morgan fingerprint density at radius 1 is 1.25 bits per heavy atom. The number of hydrogen-bond donors (Lipinski definition) is 2. The van der Waals surface area contributed by atoms with E-state index in [0.717, 1.165) is 11.4 Å². The van der Waals surface area contributed by atoms with Gasteiger partial charge in [0.25, 0.3) is 0 Å². The SMILES string of the molecule is CN1C(=O)C2CCC(C(=O)NCCN(C)C3CC3)NC2N(C)C1=O. The molecule has 1 saturated carbocycles. The number of nitrogens with one attached hydrogen (secondary N) is 2. The van der Waals surface area contributed by atoms with Crippen molar-refractivity contribution in [1.82, 2.24) is 25.3 Å². The highest BCUT2D eigenvalue weighted by Gasteiger charge is 2.47. The van der Waals surface area contributed by atoms with Crippen molar-refractivity contribution in [3.05, 3.63) is 0 Å². The molecule has 4 amide bonds. The molecule has 3 unspecified atom stereocenters. The average Bonchev–Trinajstić information content (AvgIpc) is 3.42. The molecule has 2 saturated heterocycles. The van der Waals surface area contributed by atoms with E-state index in [-0.39, 0.29) is 29.8 Å². The van der Waals surface area contributed by atoms with Crippen LogP contribution in [0, 0.1) is 5.92 Å². The third-order valence-electron chi connectivity index (χ3n) is 5.42. The van der Waals surface area contributed by atoms with E-state index in [9.17, 15) is 14.4 Å². The maximum atomic E-state index is 12.4. The predicted octanol–water partition coefficient (Wildman–Crippen LogP) is -0.585. The Balaban J connectivity index is 1.52. The van der Waals surface area contributed by atoms with Crippen molar-refractivity contribution in [3.63, 3.8) is 0 Å². The van der Waals surface area contributed by atoms with E-state index in [1.807, 2.05) is 0 Å². The fourth-order valence-electron chi connectivity index (χ4n) is 3.63. The van der Waals surface area contributed by atoms with Crippen LogP contribution in [0.1, 0.15) is 25.7 Å². The molecule has 3 rings (SSSR count). The maximum Gasteiger partial charge on any atom is 0.327 e. The number of imide groups is 1. The van der Waals surface area contributed by atoms with Gasteiger partial charge in [-0.15, -0.1) is 0 Å². The van der Waals surface area contributed by atoms with Gasteiger partial charge in [0.05, 0.1) is 18.1 Å². The van der Waals surface area contributed by atoms with Gasteiger partial charge in [0, 0.05) is 33.2 Å². The van der Waals surface area contributed by atoms with Crippen molar-refractivity contribution in [3.8, 4) is 0 Å². The van der Waals surface area contributed by atoms with Crippen LogP contribution >= 0.6 is 0 Å². The topological polar surface area (TPSA) is 85.0 Å². The molecule has 2 heterocycles. The second kappa shape index (κ2) is 6.68. The molecule has 8 heteroatoms. The Morgan fingerprint density at radius 2 is 1.96 bits per heavy atom. The monoisotopic (exact) mass is 337 g/mol. The first kappa shape index (κ1) is 17.2. The van der Waals surface area contributed by atoms with Crippen LogP contribution in [-0.4, -0.2) is 85.0 Å². The molecular formula is C16H27N5O3. The minimum atomic E-state index is -0.403. The number of urea groups is 1. The van der Waals surface area contributed by atoms with Crippen LogP contribution in [0.2, 0.25) is 0 Å². The van der Waals surface area contributed by atoms with Crippen molar-refractivity contribution < 1.29 is 14.4 Å². The molecule has 0 spiro atoms. The lowest BCUT2D eigenvalue weighted by molar-refractivity contribution is -0.141. The minimum absolute atomic E-state index is 0.0510. The standard InChI is InChI=1S/C16H27N5O3/c1-19(10-4-5-10)9-8-17-14(22)12-7-6-11-13(18-12)20(2)16(24)21(3)15(11)23/h10-13,18H,4-9H2,1-3H3,(H,17,22). The van der Waals surface area contributed by atoms with Gasteiger partial charge >= 0.3 is 6.03 Å². The molecule has 2 aliphatic heterocycles.